The summed E-state index contributed by atoms with van der Waals surface area (Å²) >= 11 is 3.16. The third-order valence-electron chi connectivity index (χ3n) is 5.87. The number of carboxylic acid groups (broad SMARTS) is 2. The van der Waals surface area contributed by atoms with Crippen LogP contribution in [-0.2, 0) is 9.59 Å². The highest BCUT2D eigenvalue weighted by molar-refractivity contribution is 8.00. The molecule has 5 rings (SSSR count). The highest BCUT2D eigenvalue weighted by Gasteiger charge is 2.17. The number of rotatable bonds is 8. The Morgan fingerprint density at radius 3 is 1.12 bits per heavy atom. The summed E-state index contributed by atoms with van der Waals surface area (Å²) in [4.78, 5) is 24.6. The molecule has 0 atom stereocenters. The summed E-state index contributed by atoms with van der Waals surface area (Å²) in [5.74, 6) is -0.661. The molecule has 0 aliphatic rings. The quantitative estimate of drug-likeness (QED) is 0.175. The Bertz CT molecular complexity index is 1360. The Labute approximate surface area is 205 Å². The van der Waals surface area contributed by atoms with Crippen LogP contribution in [0, 0.1) is 0 Å². The molecule has 0 aliphatic heterocycles. The molecule has 0 unspecified atom stereocenters. The van der Waals surface area contributed by atoms with Crippen LogP contribution >= 0.6 is 23.5 Å². The Balaban J connectivity index is 1.84. The highest BCUT2D eigenvalue weighted by Crippen LogP contribution is 2.45. The summed E-state index contributed by atoms with van der Waals surface area (Å²) in [6.07, 6.45) is 0.174. The van der Waals surface area contributed by atoms with Gasteiger partial charge in [-0.2, -0.15) is 0 Å². The smallest absolute Gasteiger partial charge is 0.304 e. The largest absolute Gasteiger partial charge is 0.481 e. The third kappa shape index (κ3) is 4.43. The second kappa shape index (κ2) is 9.57. The van der Waals surface area contributed by atoms with Crippen LogP contribution in [0.5, 0.6) is 0 Å². The minimum absolute atomic E-state index is 0.0872. The second-order valence-corrected chi connectivity index (χ2v) is 10.3. The maximum atomic E-state index is 11.2. The molecule has 0 bridgehead atoms. The predicted octanol–water partition coefficient (Wildman–Crippen LogP) is 7.43. The van der Waals surface area contributed by atoms with Crippen LogP contribution in [0.3, 0.4) is 0 Å². The number of carboxylic acids is 2. The van der Waals surface area contributed by atoms with Gasteiger partial charge in [0, 0.05) is 21.3 Å². The van der Waals surface area contributed by atoms with Crippen molar-refractivity contribution in [2.24, 2.45) is 0 Å². The lowest BCUT2D eigenvalue weighted by molar-refractivity contribution is -0.137. The molecule has 6 heteroatoms. The van der Waals surface area contributed by atoms with Crippen LogP contribution < -0.4 is 0 Å². The number of hydrogen-bond acceptors (Lipinski definition) is 4. The minimum atomic E-state index is -0.808. The molecule has 2 N–H and O–H groups in total. The van der Waals surface area contributed by atoms with E-state index >= 15 is 0 Å². The Hall–Kier alpha value is -3.22. The van der Waals surface area contributed by atoms with E-state index in [1.165, 1.54) is 0 Å². The molecular formula is C28H22O4S2. The van der Waals surface area contributed by atoms with Crippen molar-refractivity contribution in [3.8, 4) is 0 Å². The normalized spacial score (nSPS) is 11.5. The zero-order valence-corrected chi connectivity index (χ0v) is 19.9. The fourth-order valence-electron chi connectivity index (χ4n) is 4.31. The zero-order chi connectivity index (χ0) is 23.7. The molecule has 0 spiro atoms. The monoisotopic (exact) mass is 486 g/mol. The fourth-order valence-corrected chi connectivity index (χ4v) is 6.57. The van der Waals surface area contributed by atoms with E-state index in [0.29, 0.717) is 11.5 Å². The maximum absolute atomic E-state index is 11.2. The van der Waals surface area contributed by atoms with Crippen LogP contribution in [0.1, 0.15) is 12.8 Å². The summed E-state index contributed by atoms with van der Waals surface area (Å²) in [6.45, 7) is 0. The highest BCUT2D eigenvalue weighted by atomic mass is 32.2. The number of hydrogen-bond donors (Lipinski definition) is 2. The van der Waals surface area contributed by atoms with Gasteiger partial charge in [-0.3, -0.25) is 9.59 Å². The van der Waals surface area contributed by atoms with Crippen molar-refractivity contribution >= 4 is 78.6 Å². The van der Waals surface area contributed by atoms with Gasteiger partial charge < -0.3 is 10.2 Å². The Morgan fingerprint density at radius 1 is 0.559 bits per heavy atom. The molecule has 0 saturated carbocycles. The molecule has 4 nitrogen and oxygen atoms in total. The predicted molar refractivity (Wildman–Crippen MR) is 142 cm³/mol. The molecule has 170 valence electrons. The van der Waals surface area contributed by atoms with E-state index in [1.807, 2.05) is 24.3 Å². The summed E-state index contributed by atoms with van der Waals surface area (Å²) in [6, 6.07) is 25.1. The van der Waals surface area contributed by atoms with Gasteiger partial charge >= 0.3 is 11.9 Å². The van der Waals surface area contributed by atoms with Crippen molar-refractivity contribution in [2.45, 2.75) is 22.6 Å². The summed E-state index contributed by atoms with van der Waals surface area (Å²) in [5.41, 5.74) is 0. The van der Waals surface area contributed by atoms with Crippen LogP contribution in [0.25, 0.3) is 43.1 Å². The lowest BCUT2D eigenvalue weighted by Gasteiger charge is -2.18. The molecule has 0 saturated heterocycles. The molecule has 0 radical (unpaired) electrons. The van der Waals surface area contributed by atoms with Gasteiger partial charge in [0.2, 0.25) is 0 Å². The molecule has 0 amide bonds. The van der Waals surface area contributed by atoms with Crippen molar-refractivity contribution in [1.82, 2.24) is 0 Å². The van der Waals surface area contributed by atoms with Crippen molar-refractivity contribution in [3.63, 3.8) is 0 Å². The van der Waals surface area contributed by atoms with Gasteiger partial charge in [0.15, 0.2) is 0 Å². The molecule has 0 fully saturated rings. The van der Waals surface area contributed by atoms with Gasteiger partial charge in [-0.15, -0.1) is 23.5 Å². The topological polar surface area (TPSA) is 74.6 Å². The maximum Gasteiger partial charge on any atom is 0.304 e. The Morgan fingerprint density at radius 2 is 0.853 bits per heavy atom. The van der Waals surface area contributed by atoms with E-state index in [9.17, 15) is 19.8 Å². The first-order chi connectivity index (χ1) is 16.5. The van der Waals surface area contributed by atoms with E-state index in [1.54, 1.807) is 23.5 Å². The van der Waals surface area contributed by atoms with Gasteiger partial charge in [0.1, 0.15) is 0 Å². The van der Waals surface area contributed by atoms with Gasteiger partial charge in [-0.05, 0) is 67.4 Å². The molecular weight excluding hydrogens is 464 g/mol. The Kier molecular flexibility index (Phi) is 6.35. The number of aliphatic carboxylic acids is 2. The van der Waals surface area contributed by atoms with E-state index in [0.717, 1.165) is 52.9 Å². The minimum Gasteiger partial charge on any atom is -0.481 e. The van der Waals surface area contributed by atoms with Gasteiger partial charge in [-0.25, -0.2) is 0 Å². The van der Waals surface area contributed by atoms with Crippen molar-refractivity contribution < 1.29 is 19.8 Å². The third-order valence-corrected chi connectivity index (χ3v) is 8.15. The van der Waals surface area contributed by atoms with Crippen LogP contribution in [-0.4, -0.2) is 33.7 Å². The standard InChI is InChI=1S/C28H22O4S2/c29-25(30)9-11-33-27-21-13-17-5-1-2-6-18(17)14-22(21)28(34-12-10-26(31)32)24-16-20-8-4-3-7-19(20)15-23(24)27/h1-8,13-16H,9-12H2,(H,29,30)(H,31,32). The van der Waals surface area contributed by atoms with Crippen molar-refractivity contribution in [2.75, 3.05) is 11.5 Å². The number of thioether (sulfide) groups is 2. The van der Waals surface area contributed by atoms with E-state index in [-0.39, 0.29) is 12.8 Å². The second-order valence-electron chi connectivity index (χ2n) is 8.13. The van der Waals surface area contributed by atoms with Crippen molar-refractivity contribution in [1.29, 1.82) is 0 Å². The van der Waals surface area contributed by atoms with Crippen molar-refractivity contribution in [3.05, 3.63) is 72.8 Å². The van der Waals surface area contributed by atoms with E-state index in [2.05, 4.69) is 48.5 Å². The summed E-state index contributed by atoms with van der Waals surface area (Å²) in [7, 11) is 0. The van der Waals surface area contributed by atoms with E-state index in [4.69, 9.17) is 0 Å². The summed E-state index contributed by atoms with van der Waals surface area (Å²) < 4.78 is 0. The number of carbonyl (C=O) groups is 2. The average molecular weight is 487 g/mol. The lowest BCUT2D eigenvalue weighted by Crippen LogP contribution is -1.98. The first-order valence-electron chi connectivity index (χ1n) is 11.0. The number of fused-ring (bicyclic) bond motifs is 4. The molecule has 0 aliphatic carbocycles. The zero-order valence-electron chi connectivity index (χ0n) is 18.3. The van der Waals surface area contributed by atoms with E-state index < -0.39 is 11.9 Å². The van der Waals surface area contributed by atoms with Gasteiger partial charge in [-0.1, -0.05) is 48.5 Å². The van der Waals surface area contributed by atoms with Gasteiger partial charge in [0.05, 0.1) is 12.8 Å². The molecule has 5 aromatic carbocycles. The summed E-state index contributed by atoms with van der Waals surface area (Å²) in [5, 5.41) is 27.2. The fraction of sp³-hybridized carbons (Fsp3) is 0.143. The lowest BCUT2D eigenvalue weighted by atomic mass is 9.97. The van der Waals surface area contributed by atoms with Crippen LogP contribution in [0.4, 0.5) is 0 Å². The molecule has 5 aromatic rings. The van der Waals surface area contributed by atoms with Crippen LogP contribution in [0.15, 0.2) is 82.6 Å². The van der Waals surface area contributed by atoms with Gasteiger partial charge in [0.25, 0.3) is 0 Å². The SMILES string of the molecule is O=C(O)CCSc1c2cc3ccccc3cc2c(SCCC(=O)O)c2cc3ccccc3cc12. The molecule has 0 aromatic heterocycles. The van der Waals surface area contributed by atoms with Crippen LogP contribution in [0.2, 0.25) is 0 Å². The molecule has 34 heavy (non-hydrogen) atoms. The molecule has 0 heterocycles. The first kappa shape index (κ1) is 22.6. The first-order valence-corrected chi connectivity index (χ1v) is 13.0. The average Bonchev–Trinajstić information content (AvgIpc) is 2.82. The number of benzene rings is 5.